The molecule has 0 bridgehead atoms. The van der Waals surface area contributed by atoms with Crippen molar-refractivity contribution in [1.82, 2.24) is 0 Å². The Bertz CT molecular complexity index is 578. The number of halogens is 3. The van der Waals surface area contributed by atoms with Gasteiger partial charge in [0, 0.05) is 17.1 Å². The molecule has 0 spiro atoms. The molecule has 1 unspecified atom stereocenters. The Morgan fingerprint density at radius 2 is 1.74 bits per heavy atom. The van der Waals surface area contributed by atoms with Gasteiger partial charge in [-0.1, -0.05) is 17.7 Å². The fourth-order valence-electron chi connectivity index (χ4n) is 2.10. The predicted molar refractivity (Wildman–Crippen MR) is 73.2 cm³/mol. The van der Waals surface area contributed by atoms with E-state index in [4.69, 9.17) is 17.3 Å². The lowest BCUT2D eigenvalue weighted by Gasteiger charge is -2.15. The second-order valence-electron chi connectivity index (χ2n) is 4.59. The van der Waals surface area contributed by atoms with Gasteiger partial charge in [0.2, 0.25) is 0 Å². The summed E-state index contributed by atoms with van der Waals surface area (Å²) in [5.41, 5.74) is 8.52. The molecule has 0 aromatic heterocycles. The van der Waals surface area contributed by atoms with Gasteiger partial charge in [0.1, 0.15) is 11.6 Å². The van der Waals surface area contributed by atoms with Crippen LogP contribution in [0.2, 0.25) is 5.02 Å². The molecule has 0 amide bonds. The van der Waals surface area contributed by atoms with Crippen LogP contribution >= 0.6 is 11.6 Å². The van der Waals surface area contributed by atoms with Crippen molar-refractivity contribution >= 4 is 11.6 Å². The van der Waals surface area contributed by atoms with Crippen LogP contribution in [0.4, 0.5) is 8.78 Å². The van der Waals surface area contributed by atoms with Crippen molar-refractivity contribution in [2.45, 2.75) is 19.4 Å². The fourth-order valence-corrected chi connectivity index (χ4v) is 2.28. The van der Waals surface area contributed by atoms with Crippen LogP contribution in [-0.4, -0.2) is 0 Å². The average molecular weight is 282 g/mol. The molecule has 19 heavy (non-hydrogen) atoms. The van der Waals surface area contributed by atoms with E-state index in [1.54, 1.807) is 12.1 Å². The van der Waals surface area contributed by atoms with Gasteiger partial charge in [-0.2, -0.15) is 0 Å². The zero-order chi connectivity index (χ0) is 14.0. The molecule has 0 aliphatic carbocycles. The summed E-state index contributed by atoms with van der Waals surface area (Å²) in [5, 5.41) is 0.599. The molecule has 100 valence electrons. The molecule has 0 fully saturated rings. The second-order valence-corrected chi connectivity index (χ2v) is 5.03. The maximum atomic E-state index is 13.1. The Labute approximate surface area is 116 Å². The molecular formula is C15H14ClF2N. The summed E-state index contributed by atoms with van der Waals surface area (Å²) >= 11 is 5.94. The number of nitrogens with two attached hydrogens (primary N) is 1. The lowest BCUT2D eigenvalue weighted by Crippen LogP contribution is -2.15. The van der Waals surface area contributed by atoms with E-state index < -0.39 is 11.6 Å². The largest absolute Gasteiger partial charge is 0.324 e. The highest BCUT2D eigenvalue weighted by molar-refractivity contribution is 6.30. The number of hydrogen-bond acceptors (Lipinski definition) is 1. The standard InChI is InChI=1S/C15H14ClF2N/c1-9-2-3-11(16)7-14(9)15(19)6-10-4-12(17)8-13(18)5-10/h2-5,7-8,15H,6,19H2,1H3. The van der Waals surface area contributed by atoms with Crippen LogP contribution in [0.25, 0.3) is 0 Å². The van der Waals surface area contributed by atoms with E-state index in [-0.39, 0.29) is 6.04 Å². The highest BCUT2D eigenvalue weighted by Gasteiger charge is 2.12. The Balaban J connectivity index is 2.25. The summed E-state index contributed by atoms with van der Waals surface area (Å²) in [7, 11) is 0. The number of aryl methyl sites for hydroxylation is 1. The van der Waals surface area contributed by atoms with E-state index in [2.05, 4.69) is 0 Å². The molecule has 1 nitrogen and oxygen atoms in total. The van der Waals surface area contributed by atoms with Crippen molar-refractivity contribution < 1.29 is 8.78 Å². The van der Waals surface area contributed by atoms with Crippen molar-refractivity contribution in [3.63, 3.8) is 0 Å². The summed E-state index contributed by atoms with van der Waals surface area (Å²) in [4.78, 5) is 0. The summed E-state index contributed by atoms with van der Waals surface area (Å²) in [6.45, 7) is 1.93. The molecule has 0 aliphatic rings. The van der Waals surface area contributed by atoms with Crippen LogP contribution in [0.15, 0.2) is 36.4 Å². The summed E-state index contributed by atoms with van der Waals surface area (Å²) in [5.74, 6) is -1.19. The van der Waals surface area contributed by atoms with Gasteiger partial charge in [0.05, 0.1) is 0 Å². The smallest absolute Gasteiger partial charge is 0.126 e. The van der Waals surface area contributed by atoms with Crippen molar-refractivity contribution in [2.75, 3.05) is 0 Å². The SMILES string of the molecule is Cc1ccc(Cl)cc1C(N)Cc1cc(F)cc(F)c1. The van der Waals surface area contributed by atoms with E-state index in [1.165, 1.54) is 12.1 Å². The fraction of sp³-hybridized carbons (Fsp3) is 0.200. The van der Waals surface area contributed by atoms with Crippen LogP contribution in [0, 0.1) is 18.6 Å². The van der Waals surface area contributed by atoms with Gasteiger partial charge in [0.25, 0.3) is 0 Å². The average Bonchev–Trinajstić information content (AvgIpc) is 2.30. The van der Waals surface area contributed by atoms with Crippen molar-refractivity contribution in [2.24, 2.45) is 5.73 Å². The van der Waals surface area contributed by atoms with Crippen LogP contribution < -0.4 is 5.73 Å². The molecule has 0 radical (unpaired) electrons. The Morgan fingerprint density at radius 1 is 1.11 bits per heavy atom. The van der Waals surface area contributed by atoms with Gasteiger partial charge in [-0.05, 0) is 54.3 Å². The van der Waals surface area contributed by atoms with E-state index in [9.17, 15) is 8.78 Å². The van der Waals surface area contributed by atoms with E-state index in [1.807, 2.05) is 13.0 Å². The minimum atomic E-state index is -0.593. The molecule has 0 saturated heterocycles. The van der Waals surface area contributed by atoms with Gasteiger partial charge < -0.3 is 5.73 Å². The van der Waals surface area contributed by atoms with Crippen LogP contribution in [0.3, 0.4) is 0 Å². The summed E-state index contributed by atoms with van der Waals surface area (Å²) in [6.07, 6.45) is 0.357. The highest BCUT2D eigenvalue weighted by atomic mass is 35.5. The highest BCUT2D eigenvalue weighted by Crippen LogP contribution is 2.23. The van der Waals surface area contributed by atoms with Gasteiger partial charge in [-0.15, -0.1) is 0 Å². The third-order valence-electron chi connectivity index (χ3n) is 3.02. The molecular weight excluding hydrogens is 268 g/mol. The Morgan fingerprint density at radius 3 is 2.37 bits per heavy atom. The zero-order valence-corrected chi connectivity index (χ0v) is 11.2. The molecule has 2 aromatic rings. The molecule has 2 N–H and O–H groups in total. The number of benzene rings is 2. The first kappa shape index (κ1) is 14.0. The maximum absolute atomic E-state index is 13.1. The van der Waals surface area contributed by atoms with Gasteiger partial charge in [0.15, 0.2) is 0 Å². The Hall–Kier alpha value is -1.45. The predicted octanol–water partition coefficient (Wildman–Crippen LogP) is 4.17. The summed E-state index contributed by atoms with van der Waals surface area (Å²) < 4.78 is 26.2. The number of hydrogen-bond donors (Lipinski definition) is 1. The van der Waals surface area contributed by atoms with Gasteiger partial charge >= 0.3 is 0 Å². The molecule has 0 saturated carbocycles. The van der Waals surface area contributed by atoms with Crippen molar-refractivity contribution in [1.29, 1.82) is 0 Å². The van der Waals surface area contributed by atoms with Gasteiger partial charge in [-0.3, -0.25) is 0 Å². The van der Waals surface area contributed by atoms with Crippen LogP contribution in [-0.2, 0) is 6.42 Å². The normalized spacial score (nSPS) is 12.5. The van der Waals surface area contributed by atoms with Crippen LogP contribution in [0.5, 0.6) is 0 Å². The quantitative estimate of drug-likeness (QED) is 0.898. The lowest BCUT2D eigenvalue weighted by atomic mass is 9.96. The first-order valence-electron chi connectivity index (χ1n) is 5.92. The Kier molecular flexibility index (Phi) is 4.17. The van der Waals surface area contributed by atoms with E-state index in [0.717, 1.165) is 17.2 Å². The third-order valence-corrected chi connectivity index (χ3v) is 3.25. The molecule has 0 heterocycles. The first-order chi connectivity index (χ1) is 8.95. The molecule has 2 rings (SSSR count). The zero-order valence-electron chi connectivity index (χ0n) is 10.5. The summed E-state index contributed by atoms with van der Waals surface area (Å²) in [6, 6.07) is 8.54. The second kappa shape index (κ2) is 5.68. The topological polar surface area (TPSA) is 26.0 Å². The molecule has 0 aliphatic heterocycles. The third kappa shape index (κ3) is 3.52. The monoisotopic (exact) mass is 281 g/mol. The maximum Gasteiger partial charge on any atom is 0.126 e. The van der Waals surface area contributed by atoms with E-state index >= 15 is 0 Å². The minimum Gasteiger partial charge on any atom is -0.324 e. The molecule has 1 atom stereocenters. The lowest BCUT2D eigenvalue weighted by molar-refractivity contribution is 0.576. The van der Waals surface area contributed by atoms with Gasteiger partial charge in [-0.25, -0.2) is 8.78 Å². The van der Waals surface area contributed by atoms with Crippen LogP contribution in [0.1, 0.15) is 22.7 Å². The van der Waals surface area contributed by atoms with E-state index in [0.29, 0.717) is 17.0 Å². The molecule has 2 aromatic carbocycles. The van der Waals surface area contributed by atoms with Crippen molar-refractivity contribution in [3.8, 4) is 0 Å². The first-order valence-corrected chi connectivity index (χ1v) is 6.30. The van der Waals surface area contributed by atoms with Crippen molar-refractivity contribution in [3.05, 3.63) is 69.7 Å². The number of rotatable bonds is 3. The molecule has 4 heteroatoms. The minimum absolute atomic E-state index is 0.347.